The van der Waals surface area contributed by atoms with Crippen LogP contribution in [0.15, 0.2) is 65.4 Å². The number of nitrogens with zero attached hydrogens (tertiary/aromatic N) is 2. The summed E-state index contributed by atoms with van der Waals surface area (Å²) < 4.78 is 7.94. The lowest BCUT2D eigenvalue weighted by atomic mass is 10.2. The van der Waals surface area contributed by atoms with Gasteiger partial charge in [0.15, 0.2) is 10.9 Å². The van der Waals surface area contributed by atoms with Crippen molar-refractivity contribution in [1.29, 1.82) is 0 Å². The molecule has 0 unspecified atom stereocenters. The molecule has 0 saturated heterocycles. The fourth-order valence-electron chi connectivity index (χ4n) is 2.15. The van der Waals surface area contributed by atoms with E-state index >= 15 is 0 Å². The molecule has 0 aliphatic rings. The molecule has 5 nitrogen and oxygen atoms in total. The maximum absolute atomic E-state index is 5.37. The minimum Gasteiger partial charge on any atom is -0.497 e. The Labute approximate surface area is 153 Å². The van der Waals surface area contributed by atoms with E-state index in [4.69, 9.17) is 17.0 Å². The normalized spacial score (nSPS) is 10.2. The molecule has 0 saturated carbocycles. The first kappa shape index (κ1) is 16.5. The quantitative estimate of drug-likeness (QED) is 0.638. The third-order valence-corrected chi connectivity index (χ3v) is 4.04. The molecule has 24 heavy (non-hydrogen) atoms. The number of aromatic nitrogens is 2. The van der Waals surface area contributed by atoms with Gasteiger partial charge in [-0.05, 0) is 48.6 Å². The van der Waals surface area contributed by atoms with Gasteiger partial charge in [-0.3, -0.25) is 5.43 Å². The molecule has 0 radical (unpaired) electrons. The van der Waals surface area contributed by atoms with Crippen molar-refractivity contribution in [2.45, 2.75) is 0 Å². The maximum atomic E-state index is 5.37. The number of imidazole rings is 1. The number of anilines is 1. The Hall–Kier alpha value is -2.38. The van der Waals surface area contributed by atoms with Crippen molar-refractivity contribution >= 4 is 38.9 Å². The molecule has 3 aromatic rings. The zero-order chi connectivity index (χ0) is 16.9. The molecule has 0 spiro atoms. The summed E-state index contributed by atoms with van der Waals surface area (Å²) in [5.41, 5.74) is 4.97. The average Bonchev–Trinajstić information content (AvgIpc) is 3.04. The van der Waals surface area contributed by atoms with Crippen molar-refractivity contribution in [2.75, 3.05) is 17.9 Å². The molecule has 0 aliphatic carbocycles. The zero-order valence-corrected chi connectivity index (χ0v) is 15.3. The molecule has 2 aromatic carbocycles. The van der Waals surface area contributed by atoms with Gasteiger partial charge >= 0.3 is 0 Å². The van der Waals surface area contributed by atoms with Crippen LogP contribution >= 0.6 is 28.1 Å². The molecule has 0 aliphatic heterocycles. The second kappa shape index (κ2) is 7.46. The van der Waals surface area contributed by atoms with E-state index in [0.717, 1.165) is 27.3 Å². The summed E-state index contributed by atoms with van der Waals surface area (Å²) in [6, 6.07) is 15.5. The minimum atomic E-state index is 0.469. The maximum Gasteiger partial charge on any atom is 0.190 e. The molecule has 122 valence electrons. The number of rotatable bonds is 4. The van der Waals surface area contributed by atoms with Gasteiger partial charge in [0.1, 0.15) is 5.75 Å². The Kier molecular flexibility index (Phi) is 5.12. The third kappa shape index (κ3) is 3.93. The van der Waals surface area contributed by atoms with Crippen molar-refractivity contribution in [3.63, 3.8) is 0 Å². The lowest BCUT2D eigenvalue weighted by molar-refractivity contribution is 0.415. The fourth-order valence-corrected chi connectivity index (χ4v) is 2.63. The van der Waals surface area contributed by atoms with Crippen LogP contribution in [0.1, 0.15) is 0 Å². The lowest BCUT2D eigenvalue weighted by Gasteiger charge is -2.13. The van der Waals surface area contributed by atoms with E-state index in [9.17, 15) is 0 Å². The highest BCUT2D eigenvalue weighted by Crippen LogP contribution is 2.20. The van der Waals surface area contributed by atoms with E-state index in [1.165, 1.54) is 0 Å². The molecule has 3 rings (SSSR count). The Morgan fingerprint density at radius 3 is 2.50 bits per heavy atom. The first-order valence-electron chi connectivity index (χ1n) is 7.17. The van der Waals surface area contributed by atoms with Crippen molar-refractivity contribution in [1.82, 2.24) is 9.66 Å². The monoisotopic (exact) mass is 402 g/mol. The summed E-state index contributed by atoms with van der Waals surface area (Å²) in [5.74, 6) is 1.58. The van der Waals surface area contributed by atoms with Gasteiger partial charge in [-0.15, -0.1) is 0 Å². The van der Waals surface area contributed by atoms with Crippen molar-refractivity contribution in [3.8, 4) is 17.1 Å². The summed E-state index contributed by atoms with van der Waals surface area (Å²) >= 11 is 8.80. The standard InChI is InChI=1S/C17H15BrN4OS/c1-23-15-8-6-14(7-9-15)20-17(24)21-22-11-10-19-16(22)12-2-4-13(18)5-3-12/h2-11H,1H3,(H2,20,21,24). The fraction of sp³-hybridized carbons (Fsp3) is 0.0588. The van der Waals surface area contributed by atoms with Crippen LogP contribution in [-0.4, -0.2) is 21.9 Å². The van der Waals surface area contributed by atoms with Crippen LogP contribution in [0.4, 0.5) is 5.69 Å². The Morgan fingerprint density at radius 2 is 1.83 bits per heavy atom. The van der Waals surface area contributed by atoms with Crippen LogP contribution in [0.2, 0.25) is 0 Å². The van der Waals surface area contributed by atoms with Crippen molar-refractivity contribution < 1.29 is 4.74 Å². The molecule has 7 heteroatoms. The number of halogens is 1. The highest BCUT2D eigenvalue weighted by Gasteiger charge is 2.07. The molecular formula is C17H15BrN4OS. The first-order valence-corrected chi connectivity index (χ1v) is 8.37. The van der Waals surface area contributed by atoms with Crippen LogP contribution in [0, 0.1) is 0 Å². The molecule has 1 aromatic heterocycles. The highest BCUT2D eigenvalue weighted by molar-refractivity contribution is 9.10. The van der Waals surface area contributed by atoms with Gasteiger partial charge < -0.3 is 10.1 Å². The van der Waals surface area contributed by atoms with Gasteiger partial charge in [-0.25, -0.2) is 9.66 Å². The summed E-state index contributed by atoms with van der Waals surface area (Å²) in [6.45, 7) is 0. The van der Waals surface area contributed by atoms with Crippen LogP contribution in [-0.2, 0) is 0 Å². The molecular weight excluding hydrogens is 388 g/mol. The minimum absolute atomic E-state index is 0.469. The topological polar surface area (TPSA) is 51.1 Å². The second-order valence-corrected chi connectivity index (χ2v) is 6.25. The van der Waals surface area contributed by atoms with E-state index < -0.39 is 0 Å². The predicted molar refractivity (Wildman–Crippen MR) is 104 cm³/mol. The number of benzene rings is 2. The van der Waals surface area contributed by atoms with Gasteiger partial charge in [0.2, 0.25) is 0 Å². The molecule has 0 bridgehead atoms. The Morgan fingerprint density at radius 1 is 1.12 bits per heavy atom. The van der Waals surface area contributed by atoms with Gasteiger partial charge in [0, 0.05) is 28.1 Å². The summed E-state index contributed by atoms with van der Waals surface area (Å²) in [7, 11) is 1.64. The van der Waals surface area contributed by atoms with E-state index in [2.05, 4.69) is 31.7 Å². The summed E-state index contributed by atoms with van der Waals surface area (Å²) in [4.78, 5) is 4.38. The number of nitrogens with one attached hydrogen (secondary N) is 2. The van der Waals surface area contributed by atoms with Crippen molar-refractivity contribution in [3.05, 3.63) is 65.4 Å². The second-order valence-electron chi connectivity index (χ2n) is 4.92. The average molecular weight is 403 g/mol. The van der Waals surface area contributed by atoms with Gasteiger partial charge in [0.05, 0.1) is 7.11 Å². The summed E-state index contributed by atoms with van der Waals surface area (Å²) in [5, 5.41) is 3.60. The Bertz CT molecular complexity index is 831. The van der Waals surface area contributed by atoms with Crippen LogP contribution in [0.25, 0.3) is 11.4 Å². The van der Waals surface area contributed by atoms with Crippen LogP contribution in [0.3, 0.4) is 0 Å². The molecule has 0 fully saturated rings. The van der Waals surface area contributed by atoms with Gasteiger partial charge in [-0.2, -0.15) is 0 Å². The van der Waals surface area contributed by atoms with Gasteiger partial charge in [-0.1, -0.05) is 28.1 Å². The number of hydrogen-bond donors (Lipinski definition) is 2. The first-order chi connectivity index (χ1) is 11.7. The Balaban J connectivity index is 1.70. The zero-order valence-electron chi connectivity index (χ0n) is 12.9. The molecule has 0 atom stereocenters. The number of ether oxygens (including phenoxy) is 1. The molecule has 0 amide bonds. The lowest BCUT2D eigenvalue weighted by Crippen LogP contribution is -2.27. The molecule has 1 heterocycles. The van der Waals surface area contributed by atoms with E-state index in [0.29, 0.717) is 5.11 Å². The predicted octanol–water partition coefficient (Wildman–Crippen LogP) is 4.26. The van der Waals surface area contributed by atoms with E-state index in [1.54, 1.807) is 18.0 Å². The van der Waals surface area contributed by atoms with Crippen LogP contribution < -0.4 is 15.5 Å². The number of hydrogen-bond acceptors (Lipinski definition) is 3. The van der Waals surface area contributed by atoms with Crippen LogP contribution in [0.5, 0.6) is 5.75 Å². The van der Waals surface area contributed by atoms with Crippen molar-refractivity contribution in [2.24, 2.45) is 0 Å². The SMILES string of the molecule is COc1ccc(NC(=S)Nn2ccnc2-c2ccc(Br)cc2)cc1. The number of methoxy groups -OCH3 is 1. The largest absolute Gasteiger partial charge is 0.497 e. The third-order valence-electron chi connectivity index (χ3n) is 3.31. The van der Waals surface area contributed by atoms with Gasteiger partial charge in [0.25, 0.3) is 0 Å². The molecule has 2 N–H and O–H groups in total. The van der Waals surface area contributed by atoms with E-state index in [1.807, 2.05) is 54.7 Å². The highest BCUT2D eigenvalue weighted by atomic mass is 79.9. The summed E-state index contributed by atoms with van der Waals surface area (Å²) in [6.07, 6.45) is 3.54. The number of thiocarbonyl (C=S) groups is 1. The smallest absolute Gasteiger partial charge is 0.190 e. The van der Waals surface area contributed by atoms with E-state index in [-0.39, 0.29) is 0 Å².